The molecule has 0 saturated carbocycles. The summed E-state index contributed by atoms with van der Waals surface area (Å²) in [5.41, 5.74) is 1.17. The van der Waals surface area contributed by atoms with E-state index in [1.165, 1.54) is 12.5 Å². The van der Waals surface area contributed by atoms with Crippen LogP contribution in [0.15, 0.2) is 35.5 Å². The summed E-state index contributed by atoms with van der Waals surface area (Å²) in [6, 6.07) is 5.25. The molecule has 0 spiro atoms. The van der Waals surface area contributed by atoms with Crippen molar-refractivity contribution in [3.63, 3.8) is 0 Å². The summed E-state index contributed by atoms with van der Waals surface area (Å²) in [6.07, 6.45) is 2.84. The van der Waals surface area contributed by atoms with Gasteiger partial charge in [-0.2, -0.15) is 5.10 Å². The van der Waals surface area contributed by atoms with Crippen LogP contribution in [-0.4, -0.2) is 19.7 Å². The summed E-state index contributed by atoms with van der Waals surface area (Å²) in [7, 11) is 0. The molecule has 0 fully saturated rings. The quantitative estimate of drug-likeness (QED) is 0.790. The highest BCUT2D eigenvalue weighted by molar-refractivity contribution is 6.35. The zero-order valence-electron chi connectivity index (χ0n) is 9.60. The number of aromatic nitrogens is 4. The van der Waals surface area contributed by atoms with E-state index in [9.17, 15) is 4.79 Å². The van der Waals surface area contributed by atoms with Crippen molar-refractivity contribution in [2.75, 3.05) is 0 Å². The van der Waals surface area contributed by atoms with Gasteiger partial charge < -0.3 is 4.98 Å². The third kappa shape index (κ3) is 2.22. The van der Waals surface area contributed by atoms with Gasteiger partial charge in [0.15, 0.2) is 5.65 Å². The molecule has 0 aliphatic rings. The summed E-state index contributed by atoms with van der Waals surface area (Å²) in [5.74, 6) is 0. The predicted molar refractivity (Wildman–Crippen MR) is 73.7 cm³/mol. The van der Waals surface area contributed by atoms with E-state index in [1.807, 2.05) is 6.07 Å². The number of benzene rings is 1. The lowest BCUT2D eigenvalue weighted by molar-refractivity contribution is 0.703. The summed E-state index contributed by atoms with van der Waals surface area (Å²) < 4.78 is 1.62. The number of halogens is 2. The minimum Gasteiger partial charge on any atom is -0.312 e. The van der Waals surface area contributed by atoms with Gasteiger partial charge in [0.25, 0.3) is 5.56 Å². The van der Waals surface area contributed by atoms with Crippen molar-refractivity contribution in [3.8, 4) is 0 Å². The first-order valence-corrected chi connectivity index (χ1v) is 6.24. The first-order valence-electron chi connectivity index (χ1n) is 5.48. The molecular weight excluding hydrogens is 287 g/mol. The first-order chi connectivity index (χ1) is 9.15. The number of fused-ring (bicyclic) bond motifs is 1. The lowest BCUT2D eigenvalue weighted by Gasteiger charge is -2.05. The van der Waals surface area contributed by atoms with Crippen LogP contribution >= 0.6 is 23.2 Å². The summed E-state index contributed by atoms with van der Waals surface area (Å²) in [6.45, 7) is 0.427. The molecule has 1 aromatic carbocycles. The second kappa shape index (κ2) is 4.68. The Hall–Kier alpha value is -1.85. The predicted octanol–water partition coefficient (Wildman–Crippen LogP) is 2.47. The molecule has 0 atom stereocenters. The Morgan fingerprint density at radius 3 is 2.95 bits per heavy atom. The van der Waals surface area contributed by atoms with Crippen LogP contribution in [0.2, 0.25) is 10.0 Å². The van der Waals surface area contributed by atoms with Crippen LogP contribution in [0.3, 0.4) is 0 Å². The molecule has 0 aliphatic heterocycles. The minimum atomic E-state index is -0.210. The molecule has 0 bridgehead atoms. The highest BCUT2D eigenvalue weighted by Crippen LogP contribution is 2.22. The van der Waals surface area contributed by atoms with E-state index in [0.717, 1.165) is 5.56 Å². The van der Waals surface area contributed by atoms with E-state index in [0.29, 0.717) is 27.6 Å². The van der Waals surface area contributed by atoms with Crippen molar-refractivity contribution >= 4 is 34.2 Å². The van der Waals surface area contributed by atoms with Gasteiger partial charge in [-0.1, -0.05) is 29.3 Å². The summed E-state index contributed by atoms with van der Waals surface area (Å²) in [5, 5.41) is 5.74. The molecule has 1 N–H and O–H groups in total. The Labute approximate surface area is 117 Å². The normalized spacial score (nSPS) is 11.1. The van der Waals surface area contributed by atoms with E-state index in [1.54, 1.807) is 16.8 Å². The van der Waals surface area contributed by atoms with Crippen LogP contribution in [0.5, 0.6) is 0 Å². The van der Waals surface area contributed by atoms with Crippen LogP contribution in [-0.2, 0) is 6.54 Å². The topological polar surface area (TPSA) is 63.6 Å². The SMILES string of the molecule is O=c1[nH]cnc2c1cnn2Cc1ccc(Cl)cc1Cl. The number of hydrogen-bond donors (Lipinski definition) is 1. The number of nitrogens with zero attached hydrogens (tertiary/aromatic N) is 3. The average Bonchev–Trinajstić information content (AvgIpc) is 2.78. The maximum Gasteiger partial charge on any atom is 0.261 e. The summed E-state index contributed by atoms with van der Waals surface area (Å²) >= 11 is 12.0. The van der Waals surface area contributed by atoms with Crippen molar-refractivity contribution < 1.29 is 0 Å². The van der Waals surface area contributed by atoms with Crippen molar-refractivity contribution in [1.82, 2.24) is 19.7 Å². The smallest absolute Gasteiger partial charge is 0.261 e. The molecular formula is C12H8Cl2N4O. The Morgan fingerprint density at radius 1 is 1.32 bits per heavy atom. The lowest BCUT2D eigenvalue weighted by Crippen LogP contribution is -2.08. The van der Waals surface area contributed by atoms with Crippen molar-refractivity contribution in [3.05, 3.63) is 56.7 Å². The minimum absolute atomic E-state index is 0.210. The number of nitrogens with one attached hydrogen (secondary N) is 1. The molecule has 96 valence electrons. The molecule has 0 unspecified atom stereocenters. The van der Waals surface area contributed by atoms with E-state index in [-0.39, 0.29) is 5.56 Å². The second-order valence-electron chi connectivity index (χ2n) is 4.01. The van der Waals surface area contributed by atoms with E-state index in [4.69, 9.17) is 23.2 Å². The van der Waals surface area contributed by atoms with Gasteiger partial charge in [-0.05, 0) is 17.7 Å². The van der Waals surface area contributed by atoms with Gasteiger partial charge in [0, 0.05) is 10.0 Å². The summed E-state index contributed by atoms with van der Waals surface area (Å²) in [4.78, 5) is 18.2. The number of H-pyrrole nitrogens is 1. The lowest BCUT2D eigenvalue weighted by atomic mass is 10.2. The Morgan fingerprint density at radius 2 is 2.16 bits per heavy atom. The van der Waals surface area contributed by atoms with Crippen LogP contribution in [0, 0.1) is 0 Å². The largest absolute Gasteiger partial charge is 0.312 e. The maximum absolute atomic E-state index is 11.6. The second-order valence-corrected chi connectivity index (χ2v) is 4.85. The van der Waals surface area contributed by atoms with Gasteiger partial charge >= 0.3 is 0 Å². The van der Waals surface area contributed by atoms with Crippen LogP contribution in [0.25, 0.3) is 11.0 Å². The third-order valence-electron chi connectivity index (χ3n) is 2.77. The number of aromatic amines is 1. The van der Waals surface area contributed by atoms with Gasteiger partial charge in [-0.3, -0.25) is 4.79 Å². The zero-order valence-corrected chi connectivity index (χ0v) is 11.1. The fourth-order valence-corrected chi connectivity index (χ4v) is 2.30. The Balaban J connectivity index is 2.06. The van der Waals surface area contributed by atoms with Crippen LogP contribution in [0.1, 0.15) is 5.56 Å². The molecule has 3 aromatic rings. The van der Waals surface area contributed by atoms with Gasteiger partial charge in [-0.25, -0.2) is 9.67 Å². The fourth-order valence-electron chi connectivity index (χ4n) is 1.83. The molecule has 19 heavy (non-hydrogen) atoms. The molecule has 0 aliphatic carbocycles. The highest BCUT2D eigenvalue weighted by atomic mass is 35.5. The van der Waals surface area contributed by atoms with Crippen molar-refractivity contribution in [1.29, 1.82) is 0 Å². The Bertz CT molecular complexity index is 809. The van der Waals surface area contributed by atoms with Gasteiger partial charge in [0.1, 0.15) is 5.39 Å². The van der Waals surface area contributed by atoms with E-state index < -0.39 is 0 Å². The number of hydrogen-bond acceptors (Lipinski definition) is 3. The molecule has 7 heteroatoms. The molecule has 0 saturated heterocycles. The molecule has 2 heterocycles. The fraction of sp³-hybridized carbons (Fsp3) is 0.0833. The van der Waals surface area contributed by atoms with E-state index in [2.05, 4.69) is 15.1 Å². The van der Waals surface area contributed by atoms with Crippen LogP contribution < -0.4 is 5.56 Å². The van der Waals surface area contributed by atoms with Gasteiger partial charge in [0.2, 0.25) is 0 Å². The average molecular weight is 295 g/mol. The molecule has 2 aromatic heterocycles. The maximum atomic E-state index is 11.6. The highest BCUT2D eigenvalue weighted by Gasteiger charge is 2.09. The molecule has 5 nitrogen and oxygen atoms in total. The van der Waals surface area contributed by atoms with Gasteiger partial charge in [0.05, 0.1) is 19.1 Å². The Kier molecular flexibility index (Phi) is 3.00. The van der Waals surface area contributed by atoms with Crippen molar-refractivity contribution in [2.24, 2.45) is 0 Å². The van der Waals surface area contributed by atoms with Gasteiger partial charge in [-0.15, -0.1) is 0 Å². The zero-order chi connectivity index (χ0) is 13.4. The first kappa shape index (κ1) is 12.2. The van der Waals surface area contributed by atoms with Crippen molar-refractivity contribution in [2.45, 2.75) is 6.54 Å². The third-order valence-corrected chi connectivity index (χ3v) is 3.36. The van der Waals surface area contributed by atoms with Crippen LogP contribution in [0.4, 0.5) is 0 Å². The molecule has 0 radical (unpaired) electrons. The standard InChI is InChI=1S/C12H8Cl2N4O/c13-8-2-1-7(10(14)3-8)5-18-11-9(4-17-18)12(19)16-6-15-11/h1-4,6H,5H2,(H,15,16,19). The number of rotatable bonds is 2. The van der Waals surface area contributed by atoms with E-state index >= 15 is 0 Å². The monoisotopic (exact) mass is 294 g/mol. The molecule has 0 amide bonds. The molecule has 3 rings (SSSR count).